The van der Waals surface area contributed by atoms with Crippen molar-refractivity contribution in [3.8, 4) is 0 Å². The molecule has 3 heterocycles. The molecule has 6 atom stereocenters. The van der Waals surface area contributed by atoms with Gasteiger partial charge in [-0.1, -0.05) is 28.1 Å². The summed E-state index contributed by atoms with van der Waals surface area (Å²) in [4.78, 5) is 44.0. The van der Waals surface area contributed by atoms with Gasteiger partial charge in [0.2, 0.25) is 11.8 Å². The molecule has 32 heavy (non-hydrogen) atoms. The molecule has 0 radical (unpaired) electrons. The van der Waals surface area contributed by atoms with Gasteiger partial charge in [-0.05, 0) is 33.1 Å². The van der Waals surface area contributed by atoms with Crippen LogP contribution >= 0.6 is 27.7 Å². The third-order valence-corrected chi connectivity index (χ3v) is 9.87. The lowest BCUT2D eigenvalue weighted by Crippen LogP contribution is -2.56. The number of carbonyl (C=O) groups is 3. The second kappa shape index (κ2) is 10.3. The van der Waals surface area contributed by atoms with Crippen molar-refractivity contribution in [1.29, 1.82) is 0 Å². The van der Waals surface area contributed by atoms with Crippen molar-refractivity contribution < 1.29 is 24.2 Å². The van der Waals surface area contributed by atoms with Gasteiger partial charge in [0, 0.05) is 35.8 Å². The first-order chi connectivity index (χ1) is 15.2. The van der Waals surface area contributed by atoms with Crippen LogP contribution in [-0.2, 0) is 19.1 Å². The van der Waals surface area contributed by atoms with E-state index in [0.717, 1.165) is 0 Å². The lowest BCUT2D eigenvalue weighted by atomic mass is 9.71. The standard InChI is InChI=1S/C23H33BrN2O5S/c1-5-7-12-31-22(30)16-17-20(28)26(10-8-11-27)19(21(29)25(9-6-2)14(3)4)23(17)13-15(24)18(16)32-23/h5-6,14-19,27H,1-2,7-13H2,3-4H3/t15?,16-,17+,18-,19?,23?/m1/s1. The number of aliphatic hydroxyl groups excluding tert-OH is 1. The van der Waals surface area contributed by atoms with Crippen molar-refractivity contribution in [3.63, 3.8) is 0 Å². The van der Waals surface area contributed by atoms with Crippen LogP contribution in [0.25, 0.3) is 0 Å². The summed E-state index contributed by atoms with van der Waals surface area (Å²) >= 11 is 5.32. The minimum Gasteiger partial charge on any atom is -0.465 e. The molecular weight excluding hydrogens is 496 g/mol. The second-order valence-corrected chi connectivity index (χ2v) is 11.6. The Morgan fingerprint density at radius 2 is 2.12 bits per heavy atom. The highest BCUT2D eigenvalue weighted by atomic mass is 79.9. The molecule has 3 saturated heterocycles. The molecule has 0 aliphatic carbocycles. The van der Waals surface area contributed by atoms with E-state index >= 15 is 0 Å². The SMILES string of the molecule is C=CCCOC(=O)[C@H]1[C@@H]2SC3(CC2Br)C(C(=O)N(CC=C)C(C)C)N(CCCO)C(=O)[C@H]13. The number of rotatable bonds is 11. The third-order valence-electron chi connectivity index (χ3n) is 6.65. The van der Waals surface area contributed by atoms with Gasteiger partial charge in [0.15, 0.2) is 0 Å². The molecule has 3 aliphatic rings. The highest BCUT2D eigenvalue weighted by Crippen LogP contribution is 2.68. The number of aliphatic hydroxyl groups is 1. The molecule has 3 rings (SSSR count). The monoisotopic (exact) mass is 528 g/mol. The molecule has 0 aromatic carbocycles. The van der Waals surface area contributed by atoms with Gasteiger partial charge in [-0.2, -0.15) is 0 Å². The summed E-state index contributed by atoms with van der Waals surface area (Å²) < 4.78 is 4.80. The van der Waals surface area contributed by atoms with Crippen LogP contribution in [-0.4, -0.2) is 85.9 Å². The van der Waals surface area contributed by atoms with E-state index in [4.69, 9.17) is 4.74 Å². The Labute approximate surface area is 202 Å². The van der Waals surface area contributed by atoms with E-state index in [-0.39, 0.29) is 53.7 Å². The number of alkyl halides is 1. The molecule has 0 saturated carbocycles. The topological polar surface area (TPSA) is 87.2 Å². The molecule has 3 fully saturated rings. The van der Waals surface area contributed by atoms with Gasteiger partial charge in [0.05, 0.1) is 23.2 Å². The Kier molecular flexibility index (Phi) is 8.15. The normalized spacial score (nSPS) is 32.8. The predicted molar refractivity (Wildman–Crippen MR) is 128 cm³/mol. The van der Waals surface area contributed by atoms with Crippen LogP contribution < -0.4 is 0 Å². The molecule has 1 N–H and O–H groups in total. The first-order valence-corrected chi connectivity index (χ1v) is 13.0. The number of fused-ring (bicyclic) bond motifs is 1. The average molecular weight is 529 g/mol. The zero-order valence-electron chi connectivity index (χ0n) is 18.7. The quantitative estimate of drug-likeness (QED) is 0.192. The number of thioether (sulfide) groups is 1. The van der Waals surface area contributed by atoms with Crippen molar-refractivity contribution in [2.24, 2.45) is 11.8 Å². The molecule has 9 heteroatoms. The van der Waals surface area contributed by atoms with Crippen LogP contribution in [0.4, 0.5) is 0 Å². The van der Waals surface area contributed by atoms with Crippen LogP contribution in [0, 0.1) is 11.8 Å². The van der Waals surface area contributed by atoms with E-state index in [2.05, 4.69) is 29.1 Å². The Morgan fingerprint density at radius 3 is 2.72 bits per heavy atom. The van der Waals surface area contributed by atoms with Crippen molar-refractivity contribution in [1.82, 2.24) is 9.80 Å². The number of hydrogen-bond acceptors (Lipinski definition) is 6. The number of carbonyl (C=O) groups excluding carboxylic acids is 3. The first kappa shape index (κ1) is 25.3. The van der Waals surface area contributed by atoms with E-state index in [1.165, 1.54) is 0 Å². The number of esters is 1. The van der Waals surface area contributed by atoms with Gasteiger partial charge in [-0.3, -0.25) is 14.4 Å². The summed E-state index contributed by atoms with van der Waals surface area (Å²) in [5.41, 5.74) is 0. The molecule has 1 spiro atoms. The van der Waals surface area contributed by atoms with Crippen molar-refractivity contribution in [3.05, 3.63) is 25.3 Å². The molecule has 2 amide bonds. The van der Waals surface area contributed by atoms with Crippen molar-refractivity contribution in [2.45, 2.75) is 60.0 Å². The van der Waals surface area contributed by atoms with Crippen molar-refractivity contribution in [2.75, 3.05) is 26.3 Å². The number of ether oxygens (including phenoxy) is 1. The lowest BCUT2D eigenvalue weighted by molar-refractivity contribution is -0.154. The van der Waals surface area contributed by atoms with Gasteiger partial charge in [-0.25, -0.2) is 0 Å². The summed E-state index contributed by atoms with van der Waals surface area (Å²) in [5.74, 6) is -1.89. The molecule has 3 unspecified atom stereocenters. The molecule has 0 aromatic heterocycles. The van der Waals surface area contributed by atoms with E-state index in [0.29, 0.717) is 25.8 Å². The maximum absolute atomic E-state index is 13.9. The molecule has 0 aromatic rings. The molecule has 2 bridgehead atoms. The fourth-order valence-corrected chi connectivity index (χ4v) is 8.95. The fraction of sp³-hybridized carbons (Fsp3) is 0.696. The number of likely N-dealkylation sites (tertiary alicyclic amines) is 1. The molecular formula is C23H33BrN2O5S. The largest absolute Gasteiger partial charge is 0.465 e. The summed E-state index contributed by atoms with van der Waals surface area (Å²) in [6.07, 6.45) is 4.92. The average Bonchev–Trinajstić information content (AvgIpc) is 3.33. The molecule has 7 nitrogen and oxygen atoms in total. The van der Waals surface area contributed by atoms with Crippen LogP contribution in [0.2, 0.25) is 0 Å². The summed E-state index contributed by atoms with van der Waals surface area (Å²) in [6.45, 7) is 12.1. The number of amides is 2. The molecule has 178 valence electrons. The van der Waals surface area contributed by atoms with Crippen LogP contribution in [0.5, 0.6) is 0 Å². The van der Waals surface area contributed by atoms with Gasteiger partial charge in [0.1, 0.15) is 6.04 Å². The van der Waals surface area contributed by atoms with Gasteiger partial charge in [0.25, 0.3) is 0 Å². The Balaban J connectivity index is 2.00. The summed E-state index contributed by atoms with van der Waals surface area (Å²) in [6, 6.07) is -0.747. The maximum Gasteiger partial charge on any atom is 0.310 e. The summed E-state index contributed by atoms with van der Waals surface area (Å²) in [7, 11) is 0. The Bertz CT molecular complexity index is 777. The minimum absolute atomic E-state index is 0.00787. The van der Waals surface area contributed by atoms with E-state index in [1.807, 2.05) is 13.8 Å². The second-order valence-electron chi connectivity index (χ2n) is 8.89. The fourth-order valence-electron chi connectivity index (χ4n) is 5.35. The number of hydrogen-bond donors (Lipinski definition) is 1. The Hall–Kier alpha value is -1.32. The van der Waals surface area contributed by atoms with E-state index < -0.39 is 22.6 Å². The highest BCUT2D eigenvalue weighted by Gasteiger charge is 2.76. The Morgan fingerprint density at radius 1 is 1.41 bits per heavy atom. The zero-order chi connectivity index (χ0) is 23.6. The van der Waals surface area contributed by atoms with Gasteiger partial charge < -0.3 is 19.6 Å². The predicted octanol–water partition coefficient (Wildman–Crippen LogP) is 2.38. The minimum atomic E-state index is -0.696. The smallest absolute Gasteiger partial charge is 0.310 e. The van der Waals surface area contributed by atoms with Gasteiger partial charge >= 0.3 is 5.97 Å². The summed E-state index contributed by atoms with van der Waals surface area (Å²) in [5, 5.41) is 9.29. The van der Waals surface area contributed by atoms with Crippen LogP contribution in [0.1, 0.15) is 33.1 Å². The van der Waals surface area contributed by atoms with E-state index in [1.54, 1.807) is 33.7 Å². The third kappa shape index (κ3) is 4.16. The highest BCUT2D eigenvalue weighted by molar-refractivity contribution is 9.09. The molecule has 3 aliphatic heterocycles. The lowest BCUT2D eigenvalue weighted by Gasteiger charge is -2.39. The number of nitrogens with zero attached hydrogens (tertiary/aromatic N) is 2. The van der Waals surface area contributed by atoms with Crippen LogP contribution in [0.15, 0.2) is 25.3 Å². The maximum atomic E-state index is 13.9. The van der Waals surface area contributed by atoms with E-state index in [9.17, 15) is 19.5 Å². The van der Waals surface area contributed by atoms with Crippen molar-refractivity contribution >= 4 is 45.5 Å². The van der Waals surface area contributed by atoms with Gasteiger partial charge in [-0.15, -0.1) is 24.9 Å². The number of halogens is 1. The first-order valence-electron chi connectivity index (χ1n) is 11.2. The zero-order valence-corrected chi connectivity index (χ0v) is 21.1. The van der Waals surface area contributed by atoms with Crippen LogP contribution in [0.3, 0.4) is 0 Å².